The van der Waals surface area contributed by atoms with Gasteiger partial charge in [-0.25, -0.2) is 0 Å². The van der Waals surface area contributed by atoms with Crippen LogP contribution in [0.4, 0.5) is 0 Å². The predicted octanol–water partition coefficient (Wildman–Crippen LogP) is 4.19. The first-order valence-electron chi connectivity index (χ1n) is 9.06. The molecule has 0 aliphatic carbocycles. The molecule has 5 heteroatoms. The second-order valence-corrected chi connectivity index (χ2v) is 6.71. The summed E-state index contributed by atoms with van der Waals surface area (Å²) in [4.78, 5) is 0. The van der Waals surface area contributed by atoms with Crippen LogP contribution in [0.3, 0.4) is 0 Å². The smallest absolute Gasteiger partial charge is 0.119 e. The van der Waals surface area contributed by atoms with Crippen molar-refractivity contribution in [2.45, 2.75) is 25.9 Å². The van der Waals surface area contributed by atoms with Crippen LogP contribution in [-0.4, -0.2) is 24.0 Å². The average Bonchev–Trinajstić information content (AvgIpc) is 3.04. The van der Waals surface area contributed by atoms with Crippen LogP contribution in [0.2, 0.25) is 0 Å². The molecule has 1 atom stereocenters. The second-order valence-electron chi connectivity index (χ2n) is 6.71. The maximum atomic E-state index is 5.43. The third-order valence-electron chi connectivity index (χ3n) is 4.75. The molecule has 0 radical (unpaired) electrons. The minimum atomic E-state index is -0.0135. The Morgan fingerprint density at radius 3 is 1.93 bits per heavy atom. The van der Waals surface area contributed by atoms with E-state index in [0.29, 0.717) is 0 Å². The van der Waals surface area contributed by atoms with E-state index in [1.54, 1.807) is 14.2 Å². The zero-order valence-corrected chi connectivity index (χ0v) is 16.6. The summed E-state index contributed by atoms with van der Waals surface area (Å²) < 4.78 is 12.8. The van der Waals surface area contributed by atoms with Gasteiger partial charge in [-0.1, -0.05) is 24.3 Å². The molecule has 0 amide bonds. The minimum absolute atomic E-state index is 0.0135. The molecule has 1 unspecified atom stereocenters. The monoisotopic (exact) mass is 365 g/mol. The fourth-order valence-corrected chi connectivity index (χ4v) is 3.40. The Morgan fingerprint density at radius 2 is 1.48 bits per heavy atom. The normalized spacial score (nSPS) is 12.2. The molecule has 0 aliphatic rings. The number of nitrogens with zero attached hydrogens (tertiary/aromatic N) is 2. The SMILES string of the molecule is COc1cccc(C(NC(C)c2cc(C)nn2C)c2cccc(OC)c2)c1. The van der Waals surface area contributed by atoms with Crippen LogP contribution in [-0.2, 0) is 7.05 Å². The van der Waals surface area contributed by atoms with E-state index in [4.69, 9.17) is 9.47 Å². The summed E-state index contributed by atoms with van der Waals surface area (Å²) in [7, 11) is 5.36. The molecule has 5 nitrogen and oxygen atoms in total. The average molecular weight is 365 g/mol. The molecule has 1 aromatic heterocycles. The van der Waals surface area contributed by atoms with Crippen LogP contribution in [0.25, 0.3) is 0 Å². The van der Waals surface area contributed by atoms with Gasteiger partial charge in [-0.2, -0.15) is 5.10 Å². The van der Waals surface area contributed by atoms with Gasteiger partial charge in [0.1, 0.15) is 11.5 Å². The van der Waals surface area contributed by atoms with E-state index in [-0.39, 0.29) is 12.1 Å². The highest BCUT2D eigenvalue weighted by Gasteiger charge is 2.20. The first kappa shape index (κ1) is 19.0. The number of hydrogen-bond donors (Lipinski definition) is 1. The lowest BCUT2D eigenvalue weighted by Gasteiger charge is -2.25. The van der Waals surface area contributed by atoms with Gasteiger partial charge >= 0.3 is 0 Å². The Balaban J connectivity index is 1.99. The quantitative estimate of drug-likeness (QED) is 0.682. The Bertz CT molecular complexity index is 857. The number of nitrogens with one attached hydrogen (secondary N) is 1. The van der Waals surface area contributed by atoms with Crippen molar-refractivity contribution >= 4 is 0 Å². The van der Waals surface area contributed by atoms with Crippen molar-refractivity contribution in [3.8, 4) is 11.5 Å². The highest BCUT2D eigenvalue weighted by atomic mass is 16.5. The van der Waals surface area contributed by atoms with Crippen LogP contribution in [0.5, 0.6) is 11.5 Å². The molecular formula is C22H27N3O2. The van der Waals surface area contributed by atoms with Gasteiger partial charge in [0, 0.05) is 13.1 Å². The fraction of sp³-hybridized carbons (Fsp3) is 0.318. The van der Waals surface area contributed by atoms with E-state index in [1.165, 1.54) is 0 Å². The zero-order chi connectivity index (χ0) is 19.4. The van der Waals surface area contributed by atoms with Crippen LogP contribution >= 0.6 is 0 Å². The number of methoxy groups -OCH3 is 2. The first-order valence-corrected chi connectivity index (χ1v) is 9.06. The molecule has 142 valence electrons. The van der Waals surface area contributed by atoms with Crippen LogP contribution < -0.4 is 14.8 Å². The summed E-state index contributed by atoms with van der Waals surface area (Å²) in [6.45, 7) is 4.17. The third-order valence-corrected chi connectivity index (χ3v) is 4.75. The Kier molecular flexibility index (Phi) is 5.81. The molecular weight excluding hydrogens is 338 g/mol. The molecule has 3 rings (SSSR count). The maximum absolute atomic E-state index is 5.43. The van der Waals surface area contributed by atoms with E-state index in [0.717, 1.165) is 34.0 Å². The summed E-state index contributed by atoms with van der Waals surface area (Å²) in [6.07, 6.45) is 0. The van der Waals surface area contributed by atoms with Crippen molar-refractivity contribution in [2.24, 2.45) is 7.05 Å². The number of benzene rings is 2. The van der Waals surface area contributed by atoms with E-state index < -0.39 is 0 Å². The standard InChI is InChI=1S/C22H27N3O2/c1-15-12-21(25(3)24-15)16(2)23-22(17-8-6-10-19(13-17)26-4)18-9-7-11-20(14-18)27-5/h6-14,16,22-23H,1-5H3. The van der Waals surface area contributed by atoms with Gasteiger partial charge in [-0.3, -0.25) is 10.00 Å². The van der Waals surface area contributed by atoms with Crippen LogP contribution in [0.1, 0.15) is 41.5 Å². The first-order chi connectivity index (χ1) is 13.0. The van der Waals surface area contributed by atoms with Crippen molar-refractivity contribution in [2.75, 3.05) is 14.2 Å². The number of aryl methyl sites for hydroxylation is 2. The highest BCUT2D eigenvalue weighted by molar-refractivity contribution is 5.40. The Hall–Kier alpha value is -2.79. The largest absolute Gasteiger partial charge is 0.497 e. The van der Waals surface area contributed by atoms with Crippen molar-refractivity contribution in [1.29, 1.82) is 0 Å². The minimum Gasteiger partial charge on any atom is -0.497 e. The molecule has 0 fully saturated rings. The number of hydrogen-bond acceptors (Lipinski definition) is 4. The van der Waals surface area contributed by atoms with E-state index in [9.17, 15) is 0 Å². The molecule has 3 aromatic rings. The molecule has 27 heavy (non-hydrogen) atoms. The van der Waals surface area contributed by atoms with Gasteiger partial charge in [0.2, 0.25) is 0 Å². The molecule has 0 saturated carbocycles. The second kappa shape index (κ2) is 8.27. The topological polar surface area (TPSA) is 48.3 Å². The number of rotatable bonds is 7. The van der Waals surface area contributed by atoms with Crippen molar-refractivity contribution in [3.05, 3.63) is 77.1 Å². The van der Waals surface area contributed by atoms with Crippen molar-refractivity contribution in [1.82, 2.24) is 15.1 Å². The zero-order valence-electron chi connectivity index (χ0n) is 16.6. The van der Waals surface area contributed by atoms with Crippen LogP contribution in [0.15, 0.2) is 54.6 Å². The van der Waals surface area contributed by atoms with E-state index in [2.05, 4.69) is 47.7 Å². The summed E-state index contributed by atoms with van der Waals surface area (Å²) in [5.41, 5.74) is 4.42. The summed E-state index contributed by atoms with van der Waals surface area (Å²) in [5.74, 6) is 1.68. The van der Waals surface area contributed by atoms with Crippen molar-refractivity contribution in [3.63, 3.8) is 0 Å². The molecule has 0 spiro atoms. The highest BCUT2D eigenvalue weighted by Crippen LogP contribution is 2.30. The Morgan fingerprint density at radius 1 is 0.926 bits per heavy atom. The van der Waals surface area contributed by atoms with Crippen molar-refractivity contribution < 1.29 is 9.47 Å². The third kappa shape index (κ3) is 4.31. The van der Waals surface area contributed by atoms with Gasteiger partial charge in [0.25, 0.3) is 0 Å². The maximum Gasteiger partial charge on any atom is 0.119 e. The number of aromatic nitrogens is 2. The van der Waals surface area contributed by atoms with Gasteiger partial charge in [0.15, 0.2) is 0 Å². The summed E-state index contributed by atoms with van der Waals surface area (Å²) >= 11 is 0. The van der Waals surface area contributed by atoms with E-state index >= 15 is 0 Å². The van der Waals surface area contributed by atoms with Gasteiger partial charge < -0.3 is 9.47 Å². The summed E-state index contributed by atoms with van der Waals surface area (Å²) in [5, 5.41) is 8.23. The molecule has 0 bridgehead atoms. The number of ether oxygens (including phenoxy) is 2. The lowest BCUT2D eigenvalue weighted by atomic mass is 9.97. The van der Waals surface area contributed by atoms with Gasteiger partial charge in [-0.05, 0) is 55.3 Å². The Labute approximate surface area is 160 Å². The molecule has 1 heterocycles. The summed E-state index contributed by atoms with van der Waals surface area (Å²) in [6, 6.07) is 18.5. The molecule has 1 N–H and O–H groups in total. The molecule has 2 aromatic carbocycles. The van der Waals surface area contributed by atoms with E-state index in [1.807, 2.05) is 42.9 Å². The molecule has 0 aliphatic heterocycles. The molecule has 0 saturated heterocycles. The lowest BCUT2D eigenvalue weighted by molar-refractivity contribution is 0.410. The fourth-order valence-electron chi connectivity index (χ4n) is 3.40. The van der Waals surface area contributed by atoms with Crippen LogP contribution in [0, 0.1) is 6.92 Å². The predicted molar refractivity (Wildman–Crippen MR) is 107 cm³/mol. The van der Waals surface area contributed by atoms with Gasteiger partial charge in [-0.15, -0.1) is 0 Å². The van der Waals surface area contributed by atoms with Gasteiger partial charge in [0.05, 0.1) is 31.6 Å². The lowest BCUT2D eigenvalue weighted by Crippen LogP contribution is -2.27.